The number of rotatable bonds is 1. The average Bonchev–Trinajstić information content (AvgIpc) is 2.45. The normalized spacial score (nSPS) is 19.7. The van der Waals surface area contributed by atoms with Gasteiger partial charge in [-0.2, -0.15) is 5.10 Å². The Bertz CT molecular complexity index is 294. The van der Waals surface area contributed by atoms with Crippen molar-refractivity contribution in [3.05, 3.63) is 12.4 Å². The predicted octanol–water partition coefficient (Wildman–Crippen LogP) is 0.910. The van der Waals surface area contributed by atoms with Crippen molar-refractivity contribution in [1.82, 2.24) is 14.7 Å². The first-order valence-electron chi connectivity index (χ1n) is 5.18. The van der Waals surface area contributed by atoms with Crippen LogP contribution in [0.1, 0.15) is 12.8 Å². The Morgan fingerprint density at radius 3 is 2.71 bits per heavy atom. The SMILES string of the molecule is CN1CCCCN(c2cnn(C)c2)C1. The third kappa shape index (κ3) is 2.07. The zero-order valence-electron chi connectivity index (χ0n) is 8.98. The standard InChI is InChI=1S/C10H18N4/c1-12-5-3-4-6-14(9-12)10-7-11-13(2)8-10/h7-8H,3-6,9H2,1-2H3. The zero-order chi connectivity index (χ0) is 9.97. The molecule has 14 heavy (non-hydrogen) atoms. The molecule has 2 rings (SSSR count). The molecule has 1 aliphatic heterocycles. The van der Waals surface area contributed by atoms with E-state index < -0.39 is 0 Å². The summed E-state index contributed by atoms with van der Waals surface area (Å²) >= 11 is 0. The van der Waals surface area contributed by atoms with E-state index in [9.17, 15) is 0 Å². The molecule has 1 saturated heterocycles. The molecule has 1 aliphatic rings. The number of aryl methyl sites for hydroxylation is 1. The molecule has 0 spiro atoms. The van der Waals surface area contributed by atoms with Gasteiger partial charge >= 0.3 is 0 Å². The van der Waals surface area contributed by atoms with Gasteiger partial charge in [0.2, 0.25) is 0 Å². The molecule has 1 aromatic heterocycles. The van der Waals surface area contributed by atoms with Gasteiger partial charge in [-0.15, -0.1) is 0 Å². The fourth-order valence-corrected chi connectivity index (χ4v) is 1.90. The van der Waals surface area contributed by atoms with Crippen LogP contribution in [0.4, 0.5) is 5.69 Å². The maximum Gasteiger partial charge on any atom is 0.0762 e. The van der Waals surface area contributed by atoms with Gasteiger partial charge in [-0.25, -0.2) is 0 Å². The van der Waals surface area contributed by atoms with Crippen LogP contribution in [-0.4, -0.2) is 41.5 Å². The van der Waals surface area contributed by atoms with Gasteiger partial charge in [-0.1, -0.05) is 0 Å². The van der Waals surface area contributed by atoms with E-state index in [1.807, 2.05) is 17.9 Å². The second-order valence-electron chi connectivity index (χ2n) is 4.06. The van der Waals surface area contributed by atoms with E-state index in [0.29, 0.717) is 0 Å². The van der Waals surface area contributed by atoms with Gasteiger partial charge in [0.15, 0.2) is 0 Å². The number of nitrogens with zero attached hydrogens (tertiary/aromatic N) is 4. The van der Waals surface area contributed by atoms with E-state index >= 15 is 0 Å². The van der Waals surface area contributed by atoms with E-state index in [1.54, 1.807) is 0 Å². The molecule has 0 aliphatic carbocycles. The Balaban J connectivity index is 2.08. The third-order valence-electron chi connectivity index (χ3n) is 2.69. The highest BCUT2D eigenvalue weighted by atomic mass is 15.3. The van der Waals surface area contributed by atoms with Gasteiger partial charge in [0.05, 0.1) is 18.6 Å². The Morgan fingerprint density at radius 1 is 1.21 bits per heavy atom. The van der Waals surface area contributed by atoms with Crippen molar-refractivity contribution in [2.24, 2.45) is 7.05 Å². The molecule has 0 unspecified atom stereocenters. The van der Waals surface area contributed by atoms with Crippen LogP contribution in [0.5, 0.6) is 0 Å². The highest BCUT2D eigenvalue weighted by Gasteiger charge is 2.13. The van der Waals surface area contributed by atoms with Crippen LogP contribution >= 0.6 is 0 Å². The summed E-state index contributed by atoms with van der Waals surface area (Å²) < 4.78 is 1.86. The first-order valence-corrected chi connectivity index (χ1v) is 5.18. The number of hydrogen-bond acceptors (Lipinski definition) is 3. The molecule has 0 bridgehead atoms. The highest BCUT2D eigenvalue weighted by molar-refractivity contribution is 5.42. The quantitative estimate of drug-likeness (QED) is 0.664. The molecule has 0 amide bonds. The van der Waals surface area contributed by atoms with E-state index in [0.717, 1.165) is 13.2 Å². The van der Waals surface area contributed by atoms with Crippen molar-refractivity contribution in [2.75, 3.05) is 31.7 Å². The summed E-state index contributed by atoms with van der Waals surface area (Å²) in [5, 5.41) is 4.20. The fraction of sp³-hybridized carbons (Fsp3) is 0.700. The van der Waals surface area contributed by atoms with Gasteiger partial charge in [-0.3, -0.25) is 9.58 Å². The van der Waals surface area contributed by atoms with Crippen LogP contribution in [0.15, 0.2) is 12.4 Å². The summed E-state index contributed by atoms with van der Waals surface area (Å²) in [7, 11) is 4.14. The van der Waals surface area contributed by atoms with E-state index in [2.05, 4.69) is 28.1 Å². The lowest BCUT2D eigenvalue weighted by Crippen LogP contribution is -2.33. The van der Waals surface area contributed by atoms with E-state index in [4.69, 9.17) is 0 Å². The van der Waals surface area contributed by atoms with Crippen LogP contribution in [0.3, 0.4) is 0 Å². The van der Waals surface area contributed by atoms with E-state index in [-0.39, 0.29) is 0 Å². The summed E-state index contributed by atoms with van der Waals surface area (Å²) in [5.74, 6) is 0. The van der Waals surface area contributed by atoms with E-state index in [1.165, 1.54) is 25.1 Å². The zero-order valence-corrected chi connectivity index (χ0v) is 8.98. The summed E-state index contributed by atoms with van der Waals surface area (Å²) in [5.41, 5.74) is 1.24. The molecule has 0 saturated carbocycles. The van der Waals surface area contributed by atoms with Crippen molar-refractivity contribution in [3.8, 4) is 0 Å². The molecule has 4 nitrogen and oxygen atoms in total. The Hall–Kier alpha value is -1.03. The lowest BCUT2D eigenvalue weighted by Gasteiger charge is -2.24. The number of hydrogen-bond donors (Lipinski definition) is 0. The van der Waals surface area contributed by atoms with Crippen molar-refractivity contribution in [1.29, 1.82) is 0 Å². The molecule has 0 aromatic carbocycles. The van der Waals surface area contributed by atoms with Crippen molar-refractivity contribution < 1.29 is 0 Å². The van der Waals surface area contributed by atoms with Crippen LogP contribution in [0, 0.1) is 0 Å². The van der Waals surface area contributed by atoms with Gasteiger partial charge in [0.25, 0.3) is 0 Å². The molecule has 78 valence electrons. The summed E-state index contributed by atoms with van der Waals surface area (Å²) in [6.45, 7) is 3.37. The topological polar surface area (TPSA) is 24.3 Å². The molecule has 0 atom stereocenters. The molecule has 0 N–H and O–H groups in total. The molecular weight excluding hydrogens is 176 g/mol. The molecule has 1 aromatic rings. The highest BCUT2D eigenvalue weighted by Crippen LogP contribution is 2.15. The third-order valence-corrected chi connectivity index (χ3v) is 2.69. The first-order chi connectivity index (χ1) is 6.75. The van der Waals surface area contributed by atoms with Crippen LogP contribution < -0.4 is 4.90 Å². The van der Waals surface area contributed by atoms with Gasteiger partial charge in [-0.05, 0) is 26.4 Å². The van der Waals surface area contributed by atoms with Crippen molar-refractivity contribution in [2.45, 2.75) is 12.8 Å². The lowest BCUT2D eigenvalue weighted by atomic mass is 10.3. The monoisotopic (exact) mass is 194 g/mol. The Labute approximate surface area is 85.1 Å². The molecule has 4 heteroatoms. The second-order valence-corrected chi connectivity index (χ2v) is 4.06. The van der Waals surface area contributed by atoms with Crippen molar-refractivity contribution >= 4 is 5.69 Å². The van der Waals surface area contributed by atoms with Crippen LogP contribution in [0.2, 0.25) is 0 Å². The minimum atomic E-state index is 1.02. The smallest absolute Gasteiger partial charge is 0.0762 e. The van der Waals surface area contributed by atoms with Crippen LogP contribution in [0.25, 0.3) is 0 Å². The van der Waals surface area contributed by atoms with Gasteiger partial charge in [0.1, 0.15) is 0 Å². The largest absolute Gasteiger partial charge is 0.356 e. The fourth-order valence-electron chi connectivity index (χ4n) is 1.90. The first kappa shape index (κ1) is 9.52. The molecule has 1 fully saturated rings. The average molecular weight is 194 g/mol. The maximum absolute atomic E-state index is 4.20. The minimum Gasteiger partial charge on any atom is -0.356 e. The summed E-state index contributed by atoms with van der Waals surface area (Å²) in [6, 6.07) is 0. The molecular formula is C10H18N4. The lowest BCUT2D eigenvalue weighted by molar-refractivity contribution is 0.350. The second kappa shape index (κ2) is 4.00. The summed E-state index contributed by atoms with van der Waals surface area (Å²) in [4.78, 5) is 4.75. The van der Waals surface area contributed by atoms with Crippen LogP contribution in [-0.2, 0) is 7.05 Å². The van der Waals surface area contributed by atoms with Crippen molar-refractivity contribution in [3.63, 3.8) is 0 Å². The predicted molar refractivity (Wildman–Crippen MR) is 57.3 cm³/mol. The Kier molecular flexibility index (Phi) is 2.72. The molecule has 2 heterocycles. The van der Waals surface area contributed by atoms with Gasteiger partial charge in [0, 0.05) is 19.8 Å². The minimum absolute atomic E-state index is 1.02. The molecule has 0 radical (unpaired) electrons. The maximum atomic E-state index is 4.20. The summed E-state index contributed by atoms with van der Waals surface area (Å²) in [6.07, 6.45) is 6.60. The number of anilines is 1. The van der Waals surface area contributed by atoms with Gasteiger partial charge < -0.3 is 4.90 Å². The number of aromatic nitrogens is 2. The Morgan fingerprint density at radius 2 is 2.00 bits per heavy atom.